The van der Waals surface area contributed by atoms with Gasteiger partial charge in [-0.15, -0.1) is 0 Å². The predicted octanol–water partition coefficient (Wildman–Crippen LogP) is 0.387. The molecule has 1 aromatic carbocycles. The minimum atomic E-state index is -1.12. The van der Waals surface area contributed by atoms with Gasteiger partial charge in [-0.25, -0.2) is 4.79 Å². The molecule has 102 valence electrons. The fraction of sp³-hybridized carbons (Fsp3) is 0.385. The van der Waals surface area contributed by atoms with Crippen LogP contribution in [0.4, 0.5) is 0 Å². The predicted molar refractivity (Wildman–Crippen MR) is 66.7 cm³/mol. The first-order valence-corrected chi connectivity index (χ1v) is 5.80. The molecule has 1 amide bonds. The molecule has 1 heterocycles. The van der Waals surface area contributed by atoms with Crippen LogP contribution >= 0.6 is 0 Å². The third-order valence-electron chi connectivity index (χ3n) is 3.34. The number of amides is 1. The third kappa shape index (κ3) is 2.04. The van der Waals surface area contributed by atoms with Gasteiger partial charge in [0.15, 0.2) is 0 Å². The van der Waals surface area contributed by atoms with Crippen LogP contribution in [-0.4, -0.2) is 42.4 Å². The van der Waals surface area contributed by atoms with Crippen molar-refractivity contribution < 1.29 is 24.5 Å². The molecule has 1 aliphatic rings. The summed E-state index contributed by atoms with van der Waals surface area (Å²) < 4.78 is 5.48. The Morgan fingerprint density at radius 3 is 2.68 bits per heavy atom. The van der Waals surface area contributed by atoms with Crippen molar-refractivity contribution in [3.05, 3.63) is 28.8 Å². The smallest absolute Gasteiger partial charge is 0.335 e. The van der Waals surface area contributed by atoms with Crippen molar-refractivity contribution >= 4 is 11.9 Å². The lowest BCUT2D eigenvalue weighted by atomic mass is 9.83. The molecule has 0 saturated carbocycles. The maximum Gasteiger partial charge on any atom is 0.335 e. The molecule has 0 fully saturated rings. The zero-order chi connectivity index (χ0) is 14.2. The lowest BCUT2D eigenvalue weighted by Crippen LogP contribution is -2.28. The quantitative estimate of drug-likeness (QED) is 0.734. The van der Waals surface area contributed by atoms with Gasteiger partial charge in [0.25, 0.3) is 5.91 Å². The first-order valence-electron chi connectivity index (χ1n) is 5.80. The second-order valence-electron chi connectivity index (χ2n) is 4.79. The van der Waals surface area contributed by atoms with E-state index in [-0.39, 0.29) is 24.3 Å². The topological polar surface area (TPSA) is 95.9 Å². The molecule has 0 aliphatic carbocycles. The van der Waals surface area contributed by atoms with Crippen LogP contribution in [0.1, 0.15) is 33.2 Å². The normalized spacial score (nSPS) is 20.6. The molecule has 2 rings (SSSR count). The standard InChI is InChI=1S/C13H15NO5/c1-13(5-15)6-19-10-8(11(16)14-2)3-7(12(17)18)4-9(10)13/h3-4,15H,5-6H2,1-2H3,(H,14,16)(H,17,18). The number of nitrogens with one attached hydrogen (secondary N) is 1. The minimum absolute atomic E-state index is 0.00234. The van der Waals surface area contributed by atoms with E-state index in [1.165, 1.54) is 19.2 Å². The molecule has 19 heavy (non-hydrogen) atoms. The number of carboxylic acid groups (broad SMARTS) is 1. The van der Waals surface area contributed by atoms with E-state index in [0.717, 1.165) is 0 Å². The van der Waals surface area contributed by atoms with Crippen molar-refractivity contribution in [2.75, 3.05) is 20.3 Å². The van der Waals surface area contributed by atoms with Crippen LogP contribution in [0, 0.1) is 0 Å². The number of ether oxygens (including phenoxy) is 1. The van der Waals surface area contributed by atoms with Crippen molar-refractivity contribution in [3.63, 3.8) is 0 Å². The number of hydrogen-bond donors (Lipinski definition) is 3. The number of aromatic carboxylic acids is 1. The van der Waals surface area contributed by atoms with Crippen LogP contribution in [0.25, 0.3) is 0 Å². The summed E-state index contributed by atoms with van der Waals surface area (Å²) in [5.41, 5.74) is 0.0365. The van der Waals surface area contributed by atoms with Crippen LogP contribution in [-0.2, 0) is 5.41 Å². The van der Waals surface area contributed by atoms with Crippen molar-refractivity contribution in [1.82, 2.24) is 5.32 Å². The zero-order valence-electron chi connectivity index (χ0n) is 10.7. The molecule has 6 nitrogen and oxygen atoms in total. The third-order valence-corrected chi connectivity index (χ3v) is 3.34. The van der Waals surface area contributed by atoms with E-state index >= 15 is 0 Å². The molecule has 1 unspecified atom stereocenters. The van der Waals surface area contributed by atoms with E-state index in [4.69, 9.17) is 9.84 Å². The van der Waals surface area contributed by atoms with E-state index in [9.17, 15) is 14.7 Å². The number of carboxylic acids is 1. The highest BCUT2D eigenvalue weighted by Crippen LogP contribution is 2.41. The van der Waals surface area contributed by atoms with Crippen molar-refractivity contribution in [2.24, 2.45) is 0 Å². The number of fused-ring (bicyclic) bond motifs is 1. The van der Waals surface area contributed by atoms with Crippen LogP contribution in [0.2, 0.25) is 0 Å². The summed E-state index contributed by atoms with van der Waals surface area (Å²) in [6.07, 6.45) is 0. The maximum atomic E-state index is 11.8. The molecule has 0 spiro atoms. The second-order valence-corrected chi connectivity index (χ2v) is 4.79. The number of benzene rings is 1. The number of carbonyl (C=O) groups excluding carboxylic acids is 1. The Labute approximate surface area is 110 Å². The van der Waals surface area contributed by atoms with Gasteiger partial charge in [-0.1, -0.05) is 0 Å². The van der Waals surface area contributed by atoms with Crippen molar-refractivity contribution in [1.29, 1.82) is 0 Å². The number of aliphatic hydroxyl groups excluding tert-OH is 1. The van der Waals surface area contributed by atoms with Gasteiger partial charge in [-0.2, -0.15) is 0 Å². The Balaban J connectivity index is 2.68. The highest BCUT2D eigenvalue weighted by Gasteiger charge is 2.39. The molecule has 1 atom stereocenters. The monoisotopic (exact) mass is 265 g/mol. The lowest BCUT2D eigenvalue weighted by molar-refractivity contribution is 0.0696. The average Bonchev–Trinajstić information content (AvgIpc) is 2.75. The van der Waals surface area contributed by atoms with Crippen LogP contribution in [0.3, 0.4) is 0 Å². The summed E-state index contributed by atoms with van der Waals surface area (Å²) in [7, 11) is 1.46. The van der Waals surface area contributed by atoms with E-state index < -0.39 is 17.3 Å². The van der Waals surface area contributed by atoms with Gasteiger partial charge in [0, 0.05) is 12.6 Å². The van der Waals surface area contributed by atoms with E-state index in [0.29, 0.717) is 11.3 Å². The molecule has 3 N–H and O–H groups in total. The first-order chi connectivity index (χ1) is 8.92. The van der Waals surface area contributed by atoms with Gasteiger partial charge in [-0.3, -0.25) is 4.79 Å². The molecular weight excluding hydrogens is 250 g/mol. The summed E-state index contributed by atoms with van der Waals surface area (Å²) in [5.74, 6) is -1.19. The van der Waals surface area contributed by atoms with Gasteiger partial charge >= 0.3 is 5.97 Å². The van der Waals surface area contributed by atoms with Crippen LogP contribution in [0.15, 0.2) is 12.1 Å². The van der Waals surface area contributed by atoms with E-state index in [1.807, 2.05) is 0 Å². The number of carbonyl (C=O) groups is 2. The Morgan fingerprint density at radius 2 is 2.16 bits per heavy atom. The molecule has 0 aromatic heterocycles. The Bertz CT molecular complexity index is 554. The van der Waals surface area contributed by atoms with Crippen molar-refractivity contribution in [3.8, 4) is 5.75 Å². The zero-order valence-corrected chi connectivity index (χ0v) is 10.7. The fourth-order valence-corrected chi connectivity index (χ4v) is 2.10. The summed E-state index contributed by atoms with van der Waals surface area (Å²) in [4.78, 5) is 22.9. The highest BCUT2D eigenvalue weighted by atomic mass is 16.5. The number of hydrogen-bond acceptors (Lipinski definition) is 4. The van der Waals surface area contributed by atoms with E-state index in [1.54, 1.807) is 6.92 Å². The second kappa shape index (κ2) is 4.55. The summed E-state index contributed by atoms with van der Waals surface area (Å²) >= 11 is 0. The van der Waals surface area contributed by atoms with Gasteiger partial charge in [0.05, 0.1) is 29.8 Å². The van der Waals surface area contributed by atoms with Crippen LogP contribution < -0.4 is 10.1 Å². The molecular formula is C13H15NO5. The van der Waals surface area contributed by atoms with Crippen molar-refractivity contribution in [2.45, 2.75) is 12.3 Å². The maximum absolute atomic E-state index is 11.8. The Morgan fingerprint density at radius 1 is 1.47 bits per heavy atom. The molecule has 0 saturated heterocycles. The fourth-order valence-electron chi connectivity index (χ4n) is 2.10. The van der Waals surface area contributed by atoms with Gasteiger partial charge < -0.3 is 20.3 Å². The largest absolute Gasteiger partial charge is 0.491 e. The Kier molecular flexibility index (Phi) is 3.20. The van der Waals surface area contributed by atoms with Gasteiger partial charge in [0.2, 0.25) is 0 Å². The van der Waals surface area contributed by atoms with Gasteiger partial charge in [0.1, 0.15) is 5.75 Å². The lowest BCUT2D eigenvalue weighted by Gasteiger charge is -2.19. The summed E-state index contributed by atoms with van der Waals surface area (Å²) in [5, 5.41) is 21.0. The molecule has 0 bridgehead atoms. The number of rotatable bonds is 3. The molecule has 0 radical (unpaired) electrons. The first kappa shape index (κ1) is 13.4. The van der Waals surface area contributed by atoms with Gasteiger partial charge in [-0.05, 0) is 19.1 Å². The van der Waals surface area contributed by atoms with E-state index in [2.05, 4.69) is 5.32 Å². The highest BCUT2D eigenvalue weighted by molar-refractivity contribution is 6.00. The molecule has 1 aromatic rings. The minimum Gasteiger partial charge on any atom is -0.491 e. The molecule has 1 aliphatic heterocycles. The SMILES string of the molecule is CNC(=O)c1cc(C(=O)O)cc2c1OCC2(C)CO. The summed E-state index contributed by atoms with van der Waals surface area (Å²) in [6, 6.07) is 2.73. The Hall–Kier alpha value is -2.08. The summed E-state index contributed by atoms with van der Waals surface area (Å²) in [6.45, 7) is 1.79. The number of aliphatic hydroxyl groups is 1. The molecule has 6 heteroatoms. The van der Waals surface area contributed by atoms with Crippen LogP contribution in [0.5, 0.6) is 5.75 Å². The average molecular weight is 265 g/mol.